The first-order valence-corrected chi connectivity index (χ1v) is 10.2. The molecule has 0 radical (unpaired) electrons. The van der Waals surface area contributed by atoms with Crippen LogP contribution in [-0.2, 0) is 28.9 Å². The smallest absolute Gasteiger partial charge is 0.330 e. The fraction of sp³-hybridized carbons (Fsp3) is 0.750. The van der Waals surface area contributed by atoms with Gasteiger partial charge in [-0.2, -0.15) is 0 Å². The molecule has 0 aromatic carbocycles. The second-order valence-electron chi connectivity index (χ2n) is 7.53. The first kappa shape index (κ1) is 19.3. The SMILES string of the molecule is CC(C)[C@@H]1CN2C[C@@H](NS(=O)(=O)c3cn(C)c(=O)n(C)c3=O)C[C@H]2CO1. The molecular weight excluding hydrogens is 360 g/mol. The van der Waals surface area contributed by atoms with Gasteiger partial charge in [-0.15, -0.1) is 0 Å². The summed E-state index contributed by atoms with van der Waals surface area (Å²) in [7, 11) is -1.34. The van der Waals surface area contributed by atoms with E-state index in [1.807, 2.05) is 0 Å². The minimum Gasteiger partial charge on any atom is -0.375 e. The van der Waals surface area contributed by atoms with Crippen molar-refractivity contribution in [3.63, 3.8) is 0 Å². The molecule has 3 heterocycles. The first-order valence-electron chi connectivity index (χ1n) is 8.74. The van der Waals surface area contributed by atoms with Gasteiger partial charge in [-0.3, -0.25) is 14.3 Å². The number of hydrogen-bond donors (Lipinski definition) is 1. The summed E-state index contributed by atoms with van der Waals surface area (Å²) in [5.74, 6) is 0.403. The van der Waals surface area contributed by atoms with Gasteiger partial charge in [0, 0.05) is 45.5 Å². The van der Waals surface area contributed by atoms with E-state index < -0.39 is 26.2 Å². The van der Waals surface area contributed by atoms with Crippen LogP contribution in [0.1, 0.15) is 20.3 Å². The van der Waals surface area contributed by atoms with E-state index in [1.54, 1.807) is 0 Å². The zero-order valence-electron chi connectivity index (χ0n) is 15.5. The second kappa shape index (κ2) is 6.91. The fourth-order valence-electron chi connectivity index (χ4n) is 3.63. The molecule has 0 spiro atoms. The first-order chi connectivity index (χ1) is 12.1. The highest BCUT2D eigenvalue weighted by atomic mass is 32.2. The third-order valence-corrected chi connectivity index (χ3v) is 6.72. The molecule has 2 fully saturated rings. The largest absolute Gasteiger partial charge is 0.375 e. The van der Waals surface area contributed by atoms with E-state index in [9.17, 15) is 18.0 Å². The Morgan fingerprint density at radius 3 is 2.58 bits per heavy atom. The Balaban J connectivity index is 1.78. The molecule has 0 unspecified atom stereocenters. The van der Waals surface area contributed by atoms with Crippen molar-refractivity contribution < 1.29 is 13.2 Å². The normalized spacial score (nSPS) is 27.0. The van der Waals surface area contributed by atoms with Crippen LogP contribution in [0.2, 0.25) is 0 Å². The highest BCUT2D eigenvalue weighted by Gasteiger charge is 2.40. The van der Waals surface area contributed by atoms with Crippen molar-refractivity contribution in [3.05, 3.63) is 27.0 Å². The third-order valence-electron chi connectivity index (χ3n) is 5.21. The van der Waals surface area contributed by atoms with E-state index in [2.05, 4.69) is 23.5 Å². The number of morpholine rings is 1. The van der Waals surface area contributed by atoms with E-state index >= 15 is 0 Å². The average molecular weight is 386 g/mol. The quantitative estimate of drug-likeness (QED) is 0.702. The number of nitrogens with zero attached hydrogens (tertiary/aromatic N) is 3. The number of sulfonamides is 1. The summed E-state index contributed by atoms with van der Waals surface area (Å²) in [5, 5.41) is 0. The van der Waals surface area contributed by atoms with Crippen LogP contribution >= 0.6 is 0 Å². The van der Waals surface area contributed by atoms with Crippen LogP contribution in [0, 0.1) is 5.92 Å². The second-order valence-corrected chi connectivity index (χ2v) is 9.21. The van der Waals surface area contributed by atoms with Crippen LogP contribution in [0.5, 0.6) is 0 Å². The molecule has 146 valence electrons. The molecule has 2 saturated heterocycles. The lowest BCUT2D eigenvalue weighted by Crippen LogP contribution is -2.48. The molecule has 2 aliphatic rings. The van der Waals surface area contributed by atoms with E-state index in [4.69, 9.17) is 4.74 Å². The van der Waals surface area contributed by atoms with E-state index in [0.717, 1.165) is 21.9 Å². The predicted octanol–water partition coefficient (Wildman–Crippen LogP) is -1.14. The molecule has 0 saturated carbocycles. The molecular formula is C16H26N4O5S. The Morgan fingerprint density at radius 1 is 1.23 bits per heavy atom. The highest BCUT2D eigenvalue weighted by molar-refractivity contribution is 7.89. The Bertz CT molecular complexity index is 904. The zero-order chi connectivity index (χ0) is 19.2. The van der Waals surface area contributed by atoms with Crippen LogP contribution in [0.4, 0.5) is 0 Å². The van der Waals surface area contributed by atoms with Gasteiger partial charge < -0.3 is 9.30 Å². The van der Waals surface area contributed by atoms with Gasteiger partial charge in [-0.1, -0.05) is 13.8 Å². The number of hydrogen-bond acceptors (Lipinski definition) is 6. The molecule has 26 heavy (non-hydrogen) atoms. The molecule has 0 bridgehead atoms. The highest BCUT2D eigenvalue weighted by Crippen LogP contribution is 2.26. The fourth-order valence-corrected chi connectivity index (χ4v) is 5.03. The molecule has 3 atom stereocenters. The van der Waals surface area contributed by atoms with Crippen molar-refractivity contribution in [2.75, 3.05) is 19.7 Å². The lowest BCUT2D eigenvalue weighted by atomic mass is 10.0. The summed E-state index contributed by atoms with van der Waals surface area (Å²) >= 11 is 0. The topological polar surface area (TPSA) is 103 Å². The van der Waals surface area contributed by atoms with Crippen LogP contribution < -0.4 is 16.0 Å². The predicted molar refractivity (Wildman–Crippen MR) is 95.6 cm³/mol. The Kier molecular flexibility index (Phi) is 5.13. The van der Waals surface area contributed by atoms with Gasteiger partial charge in [-0.05, 0) is 12.3 Å². The number of rotatable bonds is 4. The van der Waals surface area contributed by atoms with Crippen LogP contribution in [-0.4, -0.2) is 60.3 Å². The van der Waals surface area contributed by atoms with E-state index in [-0.39, 0.29) is 18.2 Å². The Labute approximate surface area is 152 Å². The van der Waals surface area contributed by atoms with Gasteiger partial charge in [-0.25, -0.2) is 17.9 Å². The number of fused-ring (bicyclic) bond motifs is 1. The van der Waals surface area contributed by atoms with Gasteiger partial charge in [0.15, 0.2) is 4.90 Å². The standard InChI is InChI=1S/C16H26N4O5S/c1-10(2)13-7-20-6-11(5-12(20)9-25-13)17-26(23,24)14-8-18(3)16(22)19(4)15(14)21/h8,10-13,17H,5-7,9H2,1-4H3/t11-,12-,13-/m0/s1. The summed E-state index contributed by atoms with van der Waals surface area (Å²) in [6.45, 7) is 6.17. The molecule has 1 aromatic rings. The Morgan fingerprint density at radius 2 is 1.92 bits per heavy atom. The van der Waals surface area contributed by atoms with Crippen LogP contribution in [0.15, 0.2) is 20.7 Å². The van der Waals surface area contributed by atoms with E-state index in [0.29, 0.717) is 25.5 Å². The monoisotopic (exact) mass is 386 g/mol. The van der Waals surface area contributed by atoms with E-state index in [1.165, 1.54) is 14.1 Å². The molecule has 10 heteroatoms. The number of ether oxygens (including phenoxy) is 1. The lowest BCUT2D eigenvalue weighted by Gasteiger charge is -2.36. The maximum Gasteiger partial charge on any atom is 0.330 e. The third kappa shape index (κ3) is 3.51. The van der Waals surface area contributed by atoms with Crippen molar-refractivity contribution in [1.29, 1.82) is 0 Å². The molecule has 3 rings (SSSR count). The molecule has 9 nitrogen and oxygen atoms in total. The molecule has 1 N–H and O–H groups in total. The average Bonchev–Trinajstić information content (AvgIpc) is 2.96. The van der Waals surface area contributed by atoms with Gasteiger partial charge in [0.1, 0.15) is 0 Å². The molecule has 0 aliphatic carbocycles. The van der Waals surface area contributed by atoms with Crippen molar-refractivity contribution in [2.24, 2.45) is 20.0 Å². The maximum absolute atomic E-state index is 12.7. The van der Waals surface area contributed by atoms with Crippen LogP contribution in [0.25, 0.3) is 0 Å². The van der Waals surface area contributed by atoms with Crippen molar-refractivity contribution in [1.82, 2.24) is 18.8 Å². The van der Waals surface area contributed by atoms with Crippen LogP contribution in [0.3, 0.4) is 0 Å². The molecule has 2 aliphatic heterocycles. The van der Waals surface area contributed by atoms with Crippen molar-refractivity contribution in [2.45, 2.75) is 43.4 Å². The summed E-state index contributed by atoms with van der Waals surface area (Å²) < 4.78 is 35.8. The van der Waals surface area contributed by atoms with Gasteiger partial charge in [0.2, 0.25) is 10.0 Å². The Hall–Kier alpha value is -1.49. The van der Waals surface area contributed by atoms with Crippen molar-refractivity contribution in [3.8, 4) is 0 Å². The number of aryl methyl sites for hydroxylation is 1. The minimum absolute atomic E-state index is 0.151. The summed E-state index contributed by atoms with van der Waals surface area (Å²) in [5.41, 5.74) is -1.39. The zero-order valence-corrected chi connectivity index (χ0v) is 16.3. The maximum atomic E-state index is 12.7. The van der Waals surface area contributed by atoms with Gasteiger partial charge in [0.05, 0.1) is 12.7 Å². The molecule has 0 amide bonds. The molecule has 1 aromatic heterocycles. The number of aromatic nitrogens is 2. The minimum atomic E-state index is -4.02. The van der Waals surface area contributed by atoms with Crippen molar-refractivity contribution >= 4 is 10.0 Å². The number of nitrogens with one attached hydrogen (secondary N) is 1. The summed E-state index contributed by atoms with van der Waals surface area (Å²) in [6.07, 6.45) is 1.86. The lowest BCUT2D eigenvalue weighted by molar-refractivity contribution is -0.0683. The van der Waals surface area contributed by atoms with Gasteiger partial charge >= 0.3 is 5.69 Å². The van der Waals surface area contributed by atoms with Gasteiger partial charge in [0.25, 0.3) is 5.56 Å². The summed E-state index contributed by atoms with van der Waals surface area (Å²) in [4.78, 5) is 25.8. The summed E-state index contributed by atoms with van der Waals surface area (Å²) in [6, 6.07) is -0.109.